The number of carboxylic acids is 1. The number of carboxylic acid groups (broad SMARTS) is 1. The molecule has 0 aliphatic rings. The smallest absolute Gasteiger partial charge is 0.407 e. The van der Waals surface area contributed by atoms with Crippen LogP contribution in [-0.4, -0.2) is 35.3 Å². The highest BCUT2D eigenvalue weighted by molar-refractivity contribution is 5.74. The quantitative estimate of drug-likeness (QED) is 0.853. The summed E-state index contributed by atoms with van der Waals surface area (Å²) in [5, 5.41) is 10.9. The Morgan fingerprint density at radius 1 is 1.14 bits per heavy atom. The number of alkyl carbamates (subject to hydrolysis) is 1. The number of nitrogens with zero attached hydrogens (tertiary/aromatic N) is 1. The molecule has 0 fully saturated rings. The Morgan fingerprint density at radius 3 is 2.55 bits per heavy atom. The van der Waals surface area contributed by atoms with Gasteiger partial charge in [0.05, 0.1) is 5.69 Å². The van der Waals surface area contributed by atoms with E-state index in [9.17, 15) is 9.59 Å². The Kier molecular flexibility index (Phi) is 5.48. The molecule has 22 heavy (non-hydrogen) atoms. The molecule has 2 aromatic rings. The number of rotatable bonds is 6. The van der Waals surface area contributed by atoms with Crippen molar-refractivity contribution in [2.45, 2.75) is 6.42 Å². The lowest BCUT2D eigenvalue weighted by atomic mass is 10.1. The van der Waals surface area contributed by atoms with Crippen molar-refractivity contribution in [2.24, 2.45) is 0 Å². The maximum atomic E-state index is 11.2. The molecule has 0 saturated heterocycles. The summed E-state index contributed by atoms with van der Waals surface area (Å²) in [6.07, 6.45) is 1.60. The summed E-state index contributed by atoms with van der Waals surface area (Å²) in [5.41, 5.74) is 2.90. The molecule has 0 aliphatic carbocycles. The van der Waals surface area contributed by atoms with Crippen molar-refractivity contribution in [3.8, 4) is 11.3 Å². The minimum Gasteiger partial charge on any atom is -0.479 e. The number of carbonyl (C=O) groups is 2. The Balaban J connectivity index is 1.80. The first kappa shape index (κ1) is 15.5. The molecule has 1 aromatic heterocycles. The number of benzene rings is 1. The van der Waals surface area contributed by atoms with Gasteiger partial charge in [0.1, 0.15) is 0 Å². The van der Waals surface area contributed by atoms with Gasteiger partial charge in [0.15, 0.2) is 6.61 Å². The van der Waals surface area contributed by atoms with Gasteiger partial charge in [0.25, 0.3) is 0 Å². The van der Waals surface area contributed by atoms with Gasteiger partial charge in [-0.1, -0.05) is 36.4 Å². The minimum absolute atomic E-state index is 0.352. The lowest BCUT2D eigenvalue weighted by Crippen LogP contribution is -2.28. The van der Waals surface area contributed by atoms with Crippen LogP contribution in [0, 0.1) is 0 Å². The van der Waals surface area contributed by atoms with Crippen molar-refractivity contribution in [1.82, 2.24) is 10.3 Å². The third-order valence-corrected chi connectivity index (χ3v) is 2.90. The molecule has 0 unspecified atom stereocenters. The SMILES string of the molecule is O=C(O)COC(=O)NCCc1ccc(-c2ccccc2)nc1. The number of nitrogens with one attached hydrogen (secondary N) is 1. The van der Waals surface area contributed by atoms with Crippen LogP contribution in [0.2, 0.25) is 0 Å². The second kappa shape index (κ2) is 7.78. The molecule has 2 N–H and O–H groups in total. The summed E-state index contributed by atoms with van der Waals surface area (Å²) < 4.78 is 4.45. The highest BCUT2D eigenvalue weighted by atomic mass is 16.6. The first-order valence-electron chi connectivity index (χ1n) is 6.78. The fourth-order valence-electron chi connectivity index (χ4n) is 1.84. The fraction of sp³-hybridized carbons (Fsp3) is 0.188. The van der Waals surface area contributed by atoms with Gasteiger partial charge >= 0.3 is 12.1 Å². The van der Waals surface area contributed by atoms with Crippen LogP contribution in [0.4, 0.5) is 4.79 Å². The molecule has 0 spiro atoms. The Hall–Kier alpha value is -2.89. The summed E-state index contributed by atoms with van der Waals surface area (Å²) in [4.78, 5) is 25.8. The second-order valence-corrected chi connectivity index (χ2v) is 4.56. The van der Waals surface area contributed by atoms with E-state index in [0.29, 0.717) is 13.0 Å². The zero-order chi connectivity index (χ0) is 15.8. The van der Waals surface area contributed by atoms with Crippen molar-refractivity contribution in [1.29, 1.82) is 0 Å². The maximum Gasteiger partial charge on any atom is 0.407 e. The zero-order valence-electron chi connectivity index (χ0n) is 11.9. The van der Waals surface area contributed by atoms with Gasteiger partial charge < -0.3 is 15.2 Å². The van der Waals surface area contributed by atoms with Crippen molar-refractivity contribution < 1.29 is 19.4 Å². The molecule has 1 aromatic carbocycles. The molecule has 0 saturated carbocycles. The molecule has 0 bridgehead atoms. The molecule has 0 radical (unpaired) electrons. The van der Waals surface area contributed by atoms with Crippen LogP contribution < -0.4 is 5.32 Å². The Bertz CT molecular complexity index is 626. The molecular weight excluding hydrogens is 284 g/mol. The summed E-state index contributed by atoms with van der Waals surface area (Å²) in [6.45, 7) is -0.288. The first-order chi connectivity index (χ1) is 10.6. The molecule has 1 heterocycles. The van der Waals surface area contributed by atoms with Crippen LogP contribution in [0.25, 0.3) is 11.3 Å². The molecule has 114 valence electrons. The standard InChI is InChI=1S/C16H16N2O4/c19-15(20)11-22-16(21)17-9-8-12-6-7-14(18-10-12)13-4-2-1-3-5-13/h1-7,10H,8-9,11H2,(H,17,21)(H,19,20). The largest absolute Gasteiger partial charge is 0.479 e. The average molecular weight is 300 g/mol. The highest BCUT2D eigenvalue weighted by Crippen LogP contribution is 2.16. The van der Waals surface area contributed by atoms with Gasteiger partial charge in [-0.15, -0.1) is 0 Å². The molecule has 0 atom stereocenters. The predicted octanol–water partition coefficient (Wildman–Crippen LogP) is 2.10. The molecule has 0 aliphatic heterocycles. The number of ether oxygens (including phenoxy) is 1. The predicted molar refractivity (Wildman–Crippen MR) is 80.4 cm³/mol. The van der Waals surface area contributed by atoms with Crippen molar-refractivity contribution in [2.75, 3.05) is 13.2 Å². The molecular formula is C16H16N2O4. The van der Waals surface area contributed by atoms with E-state index in [4.69, 9.17) is 5.11 Å². The van der Waals surface area contributed by atoms with E-state index in [-0.39, 0.29) is 0 Å². The van der Waals surface area contributed by atoms with E-state index in [0.717, 1.165) is 16.8 Å². The first-order valence-corrected chi connectivity index (χ1v) is 6.78. The summed E-state index contributed by atoms with van der Waals surface area (Å²) >= 11 is 0. The van der Waals surface area contributed by atoms with Crippen LogP contribution in [0.1, 0.15) is 5.56 Å². The summed E-state index contributed by atoms with van der Waals surface area (Å²) in [7, 11) is 0. The van der Waals surface area contributed by atoms with Crippen LogP contribution in [-0.2, 0) is 16.0 Å². The monoisotopic (exact) mass is 300 g/mol. The van der Waals surface area contributed by atoms with E-state index in [1.807, 2.05) is 42.5 Å². The summed E-state index contributed by atoms with van der Waals surface area (Å²) in [6, 6.07) is 13.7. The van der Waals surface area contributed by atoms with E-state index in [1.54, 1.807) is 6.20 Å². The highest BCUT2D eigenvalue weighted by Gasteiger charge is 2.05. The Labute approximate surface area is 127 Å². The van der Waals surface area contributed by atoms with Crippen molar-refractivity contribution in [3.05, 3.63) is 54.2 Å². The van der Waals surface area contributed by atoms with E-state index in [2.05, 4.69) is 15.0 Å². The second-order valence-electron chi connectivity index (χ2n) is 4.56. The van der Waals surface area contributed by atoms with Crippen LogP contribution in [0.5, 0.6) is 0 Å². The number of carbonyl (C=O) groups excluding carboxylic acids is 1. The molecule has 2 rings (SSSR count). The number of pyridine rings is 1. The third-order valence-electron chi connectivity index (χ3n) is 2.90. The topological polar surface area (TPSA) is 88.5 Å². The number of amides is 1. The van der Waals surface area contributed by atoms with Crippen LogP contribution in [0.3, 0.4) is 0 Å². The van der Waals surface area contributed by atoms with Gasteiger partial charge in [-0.3, -0.25) is 4.98 Å². The zero-order valence-corrected chi connectivity index (χ0v) is 11.9. The number of hydrogen-bond donors (Lipinski definition) is 2. The van der Waals surface area contributed by atoms with Gasteiger partial charge in [-0.25, -0.2) is 9.59 Å². The van der Waals surface area contributed by atoms with E-state index < -0.39 is 18.7 Å². The van der Waals surface area contributed by atoms with Gasteiger partial charge in [0, 0.05) is 18.3 Å². The molecule has 6 heteroatoms. The van der Waals surface area contributed by atoms with E-state index in [1.165, 1.54) is 0 Å². The normalized spacial score (nSPS) is 10.0. The molecule has 1 amide bonds. The lowest BCUT2D eigenvalue weighted by molar-refractivity contribution is -0.140. The van der Waals surface area contributed by atoms with Crippen molar-refractivity contribution >= 4 is 12.1 Å². The number of aliphatic carboxylic acids is 1. The van der Waals surface area contributed by atoms with E-state index >= 15 is 0 Å². The fourth-order valence-corrected chi connectivity index (χ4v) is 1.84. The lowest BCUT2D eigenvalue weighted by Gasteiger charge is -2.06. The van der Waals surface area contributed by atoms with Crippen LogP contribution >= 0.6 is 0 Å². The van der Waals surface area contributed by atoms with Gasteiger partial charge in [-0.2, -0.15) is 0 Å². The van der Waals surface area contributed by atoms with Crippen LogP contribution in [0.15, 0.2) is 48.7 Å². The Morgan fingerprint density at radius 2 is 1.91 bits per heavy atom. The minimum atomic E-state index is -1.18. The van der Waals surface area contributed by atoms with Crippen molar-refractivity contribution in [3.63, 3.8) is 0 Å². The maximum absolute atomic E-state index is 11.2. The summed E-state index contributed by atoms with van der Waals surface area (Å²) in [5.74, 6) is -1.18. The van der Waals surface area contributed by atoms with Gasteiger partial charge in [-0.05, 0) is 18.1 Å². The number of hydrogen-bond acceptors (Lipinski definition) is 4. The molecule has 6 nitrogen and oxygen atoms in total. The average Bonchev–Trinajstić information content (AvgIpc) is 2.54. The number of aromatic nitrogens is 1. The van der Waals surface area contributed by atoms with Gasteiger partial charge in [0.2, 0.25) is 0 Å². The third kappa shape index (κ3) is 4.90.